The number of aromatic nitrogens is 3. The topological polar surface area (TPSA) is 78.4 Å². The van der Waals surface area contributed by atoms with Gasteiger partial charge in [-0.05, 0) is 61.5 Å². The second kappa shape index (κ2) is 7.32. The third-order valence-electron chi connectivity index (χ3n) is 5.31. The molecular formula is C20H21N5O3S. The molecule has 0 saturated heterocycles. The fourth-order valence-electron chi connectivity index (χ4n) is 3.73. The highest BCUT2D eigenvalue weighted by Gasteiger charge is 2.28. The van der Waals surface area contributed by atoms with Gasteiger partial charge in [0.2, 0.25) is 0 Å². The summed E-state index contributed by atoms with van der Waals surface area (Å²) >= 11 is 5.61. The lowest BCUT2D eigenvalue weighted by Crippen LogP contribution is -2.32. The minimum atomic E-state index is -0.358. The second-order valence-electron chi connectivity index (χ2n) is 7.13. The first-order chi connectivity index (χ1) is 13.9. The van der Waals surface area contributed by atoms with Gasteiger partial charge < -0.3 is 14.2 Å². The summed E-state index contributed by atoms with van der Waals surface area (Å²) in [6, 6.07) is 12.9. The van der Waals surface area contributed by atoms with Crippen LogP contribution < -0.4 is 9.64 Å². The van der Waals surface area contributed by atoms with Crippen LogP contribution in [0.4, 0.5) is 11.4 Å². The van der Waals surface area contributed by atoms with Gasteiger partial charge in [-0.3, -0.25) is 10.1 Å². The van der Waals surface area contributed by atoms with Crippen molar-refractivity contribution in [3.63, 3.8) is 0 Å². The Hall–Kier alpha value is -3.20. The van der Waals surface area contributed by atoms with Crippen LogP contribution >= 0.6 is 12.2 Å². The maximum Gasteiger partial charge on any atom is 0.269 e. The molecule has 4 rings (SSSR count). The third-order valence-corrected chi connectivity index (χ3v) is 5.79. The maximum absolute atomic E-state index is 11.1. The van der Waals surface area contributed by atoms with Crippen molar-refractivity contribution in [1.29, 1.82) is 0 Å². The number of nitrogens with zero attached hydrogens (tertiary/aromatic N) is 5. The van der Waals surface area contributed by atoms with E-state index in [9.17, 15) is 10.1 Å². The summed E-state index contributed by atoms with van der Waals surface area (Å²) in [5.41, 5.74) is 3.03. The molecule has 0 amide bonds. The zero-order chi connectivity index (χ0) is 20.7. The first-order valence-electron chi connectivity index (χ1n) is 9.21. The van der Waals surface area contributed by atoms with Crippen molar-refractivity contribution >= 4 is 23.6 Å². The summed E-state index contributed by atoms with van der Waals surface area (Å²) in [5, 5.41) is 15.8. The summed E-state index contributed by atoms with van der Waals surface area (Å²) < 4.78 is 9.51. The molecule has 0 aliphatic carbocycles. The predicted octanol–water partition coefficient (Wildman–Crippen LogP) is 3.94. The number of anilines is 1. The number of hydrogen-bond donors (Lipinski definition) is 0. The van der Waals surface area contributed by atoms with Crippen LogP contribution in [0.3, 0.4) is 0 Å². The predicted molar refractivity (Wildman–Crippen MR) is 113 cm³/mol. The number of methoxy groups -OCH3 is 1. The van der Waals surface area contributed by atoms with Crippen molar-refractivity contribution in [2.45, 2.75) is 26.1 Å². The normalized spacial score (nSPS) is 15.4. The van der Waals surface area contributed by atoms with Gasteiger partial charge in [0, 0.05) is 36.5 Å². The summed E-state index contributed by atoms with van der Waals surface area (Å²) in [7, 11) is 3.53. The van der Waals surface area contributed by atoms with Gasteiger partial charge in [0.05, 0.1) is 12.0 Å². The number of non-ortho nitro benzene ring substituents is 1. The monoisotopic (exact) mass is 411 g/mol. The van der Waals surface area contributed by atoms with E-state index in [0.29, 0.717) is 11.4 Å². The molecule has 0 radical (unpaired) electrons. The zero-order valence-electron chi connectivity index (χ0n) is 16.4. The first kappa shape index (κ1) is 19.1. The lowest BCUT2D eigenvalue weighted by molar-refractivity contribution is -0.384. The van der Waals surface area contributed by atoms with Gasteiger partial charge in [0.15, 0.2) is 10.6 Å². The Labute approximate surface area is 173 Å². The van der Waals surface area contributed by atoms with Crippen molar-refractivity contribution in [3.05, 3.63) is 62.9 Å². The van der Waals surface area contributed by atoms with Crippen molar-refractivity contribution in [2.24, 2.45) is 7.05 Å². The zero-order valence-corrected chi connectivity index (χ0v) is 17.2. The van der Waals surface area contributed by atoms with Crippen LogP contribution in [0.25, 0.3) is 11.4 Å². The van der Waals surface area contributed by atoms with Gasteiger partial charge in [-0.15, -0.1) is 5.10 Å². The molecule has 3 aromatic rings. The molecule has 150 valence electrons. The van der Waals surface area contributed by atoms with E-state index in [2.05, 4.69) is 11.8 Å². The quantitative estimate of drug-likeness (QED) is 0.359. The standard InChI is InChI=1S/C20H21N5O3S/c1-13-10-15-11-16(25(26)27)6-9-18(15)23(13)12-24-20(29)22(2)19(21-24)14-4-7-17(28-3)8-5-14/h4-9,11,13H,10,12H2,1-3H3/t13-/m0/s1. The number of benzene rings is 2. The Kier molecular flexibility index (Phi) is 4.83. The van der Waals surface area contributed by atoms with Crippen LogP contribution in [0, 0.1) is 14.9 Å². The Morgan fingerprint density at radius 3 is 2.66 bits per heavy atom. The molecule has 0 bridgehead atoms. The molecule has 0 N–H and O–H groups in total. The molecule has 1 aliphatic heterocycles. The summed E-state index contributed by atoms with van der Waals surface area (Å²) in [6.07, 6.45) is 0.752. The van der Waals surface area contributed by atoms with Crippen molar-refractivity contribution in [2.75, 3.05) is 12.0 Å². The van der Waals surface area contributed by atoms with E-state index in [4.69, 9.17) is 22.1 Å². The van der Waals surface area contributed by atoms with Gasteiger partial charge in [0.1, 0.15) is 12.4 Å². The molecule has 8 nitrogen and oxygen atoms in total. The fourth-order valence-corrected chi connectivity index (χ4v) is 3.91. The Balaban J connectivity index is 1.65. The lowest BCUT2D eigenvalue weighted by Gasteiger charge is -2.24. The van der Waals surface area contributed by atoms with Crippen LogP contribution in [-0.2, 0) is 20.1 Å². The molecule has 0 unspecified atom stereocenters. The van der Waals surface area contributed by atoms with Crippen molar-refractivity contribution < 1.29 is 9.66 Å². The van der Waals surface area contributed by atoms with Gasteiger partial charge in [-0.2, -0.15) is 0 Å². The van der Waals surface area contributed by atoms with Crippen molar-refractivity contribution in [3.8, 4) is 17.1 Å². The molecular weight excluding hydrogens is 390 g/mol. The van der Waals surface area contributed by atoms with Crippen LogP contribution in [0.2, 0.25) is 0 Å². The highest BCUT2D eigenvalue weighted by molar-refractivity contribution is 7.71. The van der Waals surface area contributed by atoms with Crippen LogP contribution in [0.15, 0.2) is 42.5 Å². The summed E-state index contributed by atoms with van der Waals surface area (Å²) in [6.45, 7) is 2.58. The largest absolute Gasteiger partial charge is 0.497 e. The molecule has 0 spiro atoms. The molecule has 0 fully saturated rings. The molecule has 0 saturated carbocycles. The van der Waals surface area contributed by atoms with E-state index in [1.807, 2.05) is 41.9 Å². The molecule has 2 heterocycles. The van der Waals surface area contributed by atoms with E-state index in [0.717, 1.165) is 34.8 Å². The number of nitro benzene ring substituents is 1. The number of fused-ring (bicyclic) bond motifs is 1. The first-order valence-corrected chi connectivity index (χ1v) is 9.62. The molecule has 1 atom stereocenters. The number of ether oxygens (including phenoxy) is 1. The van der Waals surface area contributed by atoms with Crippen LogP contribution in [0.5, 0.6) is 5.75 Å². The SMILES string of the molecule is COc1ccc(-c2nn(CN3c4ccc([N+](=O)[O-])cc4C[C@@H]3C)c(=S)n2C)cc1. The highest BCUT2D eigenvalue weighted by atomic mass is 32.1. The second-order valence-corrected chi connectivity index (χ2v) is 7.49. The number of nitro groups is 1. The Morgan fingerprint density at radius 2 is 2.00 bits per heavy atom. The van der Waals surface area contributed by atoms with Gasteiger partial charge in [-0.1, -0.05) is 0 Å². The summed E-state index contributed by atoms with van der Waals surface area (Å²) in [5.74, 6) is 1.56. The van der Waals surface area contributed by atoms with E-state index in [-0.39, 0.29) is 16.7 Å². The van der Waals surface area contributed by atoms with Gasteiger partial charge in [-0.25, -0.2) is 4.68 Å². The van der Waals surface area contributed by atoms with E-state index in [1.165, 1.54) is 0 Å². The maximum atomic E-state index is 11.1. The van der Waals surface area contributed by atoms with Gasteiger partial charge in [0.25, 0.3) is 5.69 Å². The van der Waals surface area contributed by atoms with E-state index >= 15 is 0 Å². The molecule has 9 heteroatoms. The third kappa shape index (κ3) is 3.38. The molecule has 1 aromatic heterocycles. The average Bonchev–Trinajstić information content (AvgIpc) is 3.18. The molecule has 1 aliphatic rings. The average molecular weight is 411 g/mol. The minimum absolute atomic E-state index is 0.119. The summed E-state index contributed by atoms with van der Waals surface area (Å²) in [4.78, 5) is 12.9. The lowest BCUT2D eigenvalue weighted by atomic mass is 10.1. The molecule has 29 heavy (non-hydrogen) atoms. The smallest absolute Gasteiger partial charge is 0.269 e. The highest BCUT2D eigenvalue weighted by Crippen LogP contribution is 2.35. The number of rotatable bonds is 5. The van der Waals surface area contributed by atoms with Crippen LogP contribution in [-0.4, -0.2) is 32.4 Å². The van der Waals surface area contributed by atoms with Gasteiger partial charge >= 0.3 is 0 Å². The van der Waals surface area contributed by atoms with E-state index < -0.39 is 0 Å². The Bertz CT molecular complexity index is 1140. The van der Waals surface area contributed by atoms with E-state index in [1.54, 1.807) is 23.9 Å². The minimum Gasteiger partial charge on any atom is -0.497 e. The number of hydrogen-bond acceptors (Lipinski definition) is 6. The molecule has 2 aromatic carbocycles. The van der Waals surface area contributed by atoms with Crippen LogP contribution in [0.1, 0.15) is 12.5 Å². The fraction of sp³-hybridized carbons (Fsp3) is 0.300. The van der Waals surface area contributed by atoms with Crippen molar-refractivity contribution in [1.82, 2.24) is 14.3 Å². The Morgan fingerprint density at radius 1 is 1.28 bits per heavy atom.